The van der Waals surface area contributed by atoms with Gasteiger partial charge in [-0.15, -0.1) is 0 Å². The second kappa shape index (κ2) is 4.45. The van der Waals surface area contributed by atoms with Crippen LogP contribution in [0.4, 0.5) is 4.39 Å². The Hall–Kier alpha value is -0.670. The lowest BCUT2D eigenvalue weighted by molar-refractivity contribution is 0.626. The third kappa shape index (κ3) is 2.67. The molecule has 1 aliphatic carbocycles. The summed E-state index contributed by atoms with van der Waals surface area (Å²) in [6.07, 6.45) is 5.09. The van der Waals surface area contributed by atoms with Crippen LogP contribution in [-0.2, 0) is 6.42 Å². The summed E-state index contributed by atoms with van der Waals surface area (Å²) >= 11 is 3.37. The number of hydrogen-bond acceptors (Lipinski definition) is 1. The van der Waals surface area contributed by atoms with Gasteiger partial charge in [0.25, 0.3) is 0 Å². The van der Waals surface area contributed by atoms with Gasteiger partial charge in [0.05, 0.1) is 0 Å². The van der Waals surface area contributed by atoms with Gasteiger partial charge in [0.1, 0.15) is 5.82 Å². The van der Waals surface area contributed by atoms with E-state index in [1.807, 2.05) is 6.07 Å². The molecule has 0 saturated carbocycles. The zero-order valence-corrected chi connectivity index (χ0v) is 9.93. The molecule has 15 heavy (non-hydrogen) atoms. The molecule has 1 atom stereocenters. The standard InChI is InChI=1S/C12H13BrFN/c13-12-7-10(14)3-2-9(12)5-8-1-4-11(15)6-8/h2-3,6-7,11H,1,4-5,15H2. The first-order valence-electron chi connectivity index (χ1n) is 5.04. The maximum Gasteiger partial charge on any atom is 0.124 e. The lowest BCUT2D eigenvalue weighted by atomic mass is 10.1. The molecular formula is C12H13BrFN. The summed E-state index contributed by atoms with van der Waals surface area (Å²) in [7, 11) is 0. The molecule has 1 nitrogen and oxygen atoms in total. The van der Waals surface area contributed by atoms with Crippen molar-refractivity contribution >= 4 is 15.9 Å². The number of nitrogens with two attached hydrogens (primary N) is 1. The molecular weight excluding hydrogens is 257 g/mol. The van der Waals surface area contributed by atoms with Crippen LogP contribution in [0.2, 0.25) is 0 Å². The van der Waals surface area contributed by atoms with Crippen LogP contribution in [0.3, 0.4) is 0 Å². The predicted molar refractivity (Wildman–Crippen MR) is 63.1 cm³/mol. The third-order valence-corrected chi connectivity index (χ3v) is 3.42. The fourth-order valence-electron chi connectivity index (χ4n) is 1.88. The van der Waals surface area contributed by atoms with Crippen LogP contribution in [0.15, 0.2) is 34.3 Å². The molecule has 0 bridgehead atoms. The maximum absolute atomic E-state index is 12.9. The Morgan fingerprint density at radius 2 is 2.27 bits per heavy atom. The van der Waals surface area contributed by atoms with Gasteiger partial charge in [-0.25, -0.2) is 4.39 Å². The fourth-order valence-corrected chi connectivity index (χ4v) is 2.37. The quantitative estimate of drug-likeness (QED) is 0.821. The lowest BCUT2D eigenvalue weighted by Crippen LogP contribution is -2.11. The van der Waals surface area contributed by atoms with Crippen LogP contribution in [0.25, 0.3) is 0 Å². The number of benzene rings is 1. The van der Waals surface area contributed by atoms with E-state index in [9.17, 15) is 4.39 Å². The SMILES string of the molecule is NC1C=C(Cc2ccc(F)cc2Br)CC1. The molecule has 1 aliphatic rings. The summed E-state index contributed by atoms with van der Waals surface area (Å²) < 4.78 is 13.7. The van der Waals surface area contributed by atoms with Gasteiger partial charge in [0.15, 0.2) is 0 Å². The minimum atomic E-state index is -0.206. The average molecular weight is 270 g/mol. The zero-order chi connectivity index (χ0) is 10.8. The van der Waals surface area contributed by atoms with Crippen LogP contribution in [-0.4, -0.2) is 6.04 Å². The molecule has 1 unspecified atom stereocenters. The largest absolute Gasteiger partial charge is 0.324 e. The number of allylic oxidation sites excluding steroid dienone is 1. The summed E-state index contributed by atoms with van der Waals surface area (Å²) in [6, 6.07) is 5.03. The van der Waals surface area contributed by atoms with Gasteiger partial charge in [-0.2, -0.15) is 0 Å². The van der Waals surface area contributed by atoms with Gasteiger partial charge >= 0.3 is 0 Å². The smallest absolute Gasteiger partial charge is 0.124 e. The molecule has 0 aromatic heterocycles. The molecule has 0 radical (unpaired) electrons. The Morgan fingerprint density at radius 1 is 1.47 bits per heavy atom. The number of halogens is 2. The van der Waals surface area contributed by atoms with Crippen molar-refractivity contribution in [1.82, 2.24) is 0 Å². The molecule has 80 valence electrons. The van der Waals surface area contributed by atoms with Crippen LogP contribution in [0, 0.1) is 5.82 Å². The average Bonchev–Trinajstić information content (AvgIpc) is 2.56. The van der Waals surface area contributed by atoms with E-state index < -0.39 is 0 Å². The normalized spacial score (nSPS) is 20.5. The molecule has 0 spiro atoms. The highest BCUT2D eigenvalue weighted by molar-refractivity contribution is 9.10. The van der Waals surface area contributed by atoms with Crippen molar-refractivity contribution in [2.75, 3.05) is 0 Å². The minimum Gasteiger partial charge on any atom is -0.324 e. The van der Waals surface area contributed by atoms with E-state index in [0.717, 1.165) is 29.3 Å². The summed E-state index contributed by atoms with van der Waals surface area (Å²) in [5, 5.41) is 0. The first kappa shape index (κ1) is 10.8. The van der Waals surface area contributed by atoms with Crippen LogP contribution in [0.5, 0.6) is 0 Å². The van der Waals surface area contributed by atoms with Gasteiger partial charge in [-0.3, -0.25) is 0 Å². The molecule has 0 saturated heterocycles. The number of hydrogen-bond donors (Lipinski definition) is 1. The molecule has 0 aliphatic heterocycles. The second-order valence-corrected chi connectivity index (χ2v) is 4.79. The lowest BCUT2D eigenvalue weighted by Gasteiger charge is -2.05. The number of rotatable bonds is 2. The molecule has 2 rings (SSSR count). The van der Waals surface area contributed by atoms with Crippen LogP contribution >= 0.6 is 15.9 Å². The van der Waals surface area contributed by atoms with Crippen molar-refractivity contribution < 1.29 is 4.39 Å². The van der Waals surface area contributed by atoms with Gasteiger partial charge in [0.2, 0.25) is 0 Å². The Kier molecular flexibility index (Phi) is 3.22. The second-order valence-electron chi connectivity index (χ2n) is 3.94. The van der Waals surface area contributed by atoms with Crippen molar-refractivity contribution in [2.24, 2.45) is 5.73 Å². The van der Waals surface area contributed by atoms with Gasteiger partial charge < -0.3 is 5.73 Å². The van der Waals surface area contributed by atoms with E-state index in [1.54, 1.807) is 0 Å². The third-order valence-electron chi connectivity index (χ3n) is 2.68. The highest BCUT2D eigenvalue weighted by atomic mass is 79.9. The Labute approximate surface area is 97.3 Å². The van der Waals surface area contributed by atoms with Crippen molar-refractivity contribution in [1.29, 1.82) is 0 Å². The van der Waals surface area contributed by atoms with Crippen molar-refractivity contribution in [3.63, 3.8) is 0 Å². The summed E-state index contributed by atoms with van der Waals surface area (Å²) in [5.74, 6) is -0.206. The fraction of sp³-hybridized carbons (Fsp3) is 0.333. The van der Waals surface area contributed by atoms with Gasteiger partial charge in [0, 0.05) is 10.5 Å². The highest BCUT2D eigenvalue weighted by Gasteiger charge is 2.13. The molecule has 1 aromatic carbocycles. The van der Waals surface area contributed by atoms with Gasteiger partial charge in [-0.1, -0.05) is 33.6 Å². The van der Waals surface area contributed by atoms with Crippen LogP contribution in [0.1, 0.15) is 18.4 Å². The summed E-state index contributed by atoms with van der Waals surface area (Å²) in [6.45, 7) is 0. The van der Waals surface area contributed by atoms with E-state index in [2.05, 4.69) is 22.0 Å². The van der Waals surface area contributed by atoms with E-state index in [4.69, 9.17) is 5.73 Å². The summed E-state index contributed by atoms with van der Waals surface area (Å²) in [5.41, 5.74) is 8.27. The van der Waals surface area contributed by atoms with E-state index in [-0.39, 0.29) is 11.9 Å². The molecule has 0 fully saturated rings. The first-order valence-corrected chi connectivity index (χ1v) is 5.83. The molecule has 1 aromatic rings. The maximum atomic E-state index is 12.9. The van der Waals surface area contributed by atoms with E-state index in [1.165, 1.54) is 17.7 Å². The topological polar surface area (TPSA) is 26.0 Å². The first-order chi connectivity index (χ1) is 7.15. The molecule has 3 heteroatoms. The van der Waals surface area contributed by atoms with Crippen molar-refractivity contribution in [3.8, 4) is 0 Å². The zero-order valence-electron chi connectivity index (χ0n) is 8.34. The Morgan fingerprint density at radius 3 is 2.87 bits per heavy atom. The molecule has 0 amide bonds. The van der Waals surface area contributed by atoms with E-state index >= 15 is 0 Å². The Balaban J connectivity index is 2.14. The van der Waals surface area contributed by atoms with Crippen molar-refractivity contribution in [2.45, 2.75) is 25.3 Å². The van der Waals surface area contributed by atoms with Crippen molar-refractivity contribution in [3.05, 3.63) is 45.7 Å². The van der Waals surface area contributed by atoms with Gasteiger partial charge in [-0.05, 0) is 37.0 Å². The Bertz CT molecular complexity index is 401. The molecule has 0 heterocycles. The minimum absolute atomic E-state index is 0.206. The summed E-state index contributed by atoms with van der Waals surface area (Å²) in [4.78, 5) is 0. The van der Waals surface area contributed by atoms with Crippen LogP contribution < -0.4 is 5.73 Å². The predicted octanol–water partition coefficient (Wildman–Crippen LogP) is 3.18. The monoisotopic (exact) mass is 269 g/mol. The van der Waals surface area contributed by atoms with E-state index in [0.29, 0.717) is 0 Å². The highest BCUT2D eigenvalue weighted by Crippen LogP contribution is 2.25. The molecule has 2 N–H and O–H groups in total.